The lowest BCUT2D eigenvalue weighted by Crippen LogP contribution is -2.55. The van der Waals surface area contributed by atoms with Crippen LogP contribution in [0.5, 0.6) is 0 Å². The van der Waals surface area contributed by atoms with Crippen LogP contribution in [0, 0.1) is 17.8 Å². The third-order valence-corrected chi connectivity index (χ3v) is 3.84. The molecular weight excluding hydrogens is 262 g/mol. The molecule has 0 aromatic carbocycles. The van der Waals surface area contributed by atoms with Gasteiger partial charge in [-0.25, -0.2) is 4.79 Å². The summed E-state index contributed by atoms with van der Waals surface area (Å²) >= 11 is 0. The molecule has 2 aliphatic rings. The lowest BCUT2D eigenvalue weighted by molar-refractivity contribution is -0.153. The van der Waals surface area contributed by atoms with Gasteiger partial charge in [-0.3, -0.25) is 9.59 Å². The Morgan fingerprint density at radius 1 is 1.20 bits per heavy atom. The van der Waals surface area contributed by atoms with Crippen molar-refractivity contribution in [2.45, 2.75) is 39.2 Å². The van der Waals surface area contributed by atoms with Gasteiger partial charge < -0.3 is 14.7 Å². The molecule has 1 heterocycles. The second-order valence-electron chi connectivity index (χ2n) is 6.72. The van der Waals surface area contributed by atoms with Crippen LogP contribution in [-0.4, -0.2) is 46.5 Å². The number of hydrogen-bond donors (Lipinski definition) is 1. The van der Waals surface area contributed by atoms with E-state index >= 15 is 0 Å². The monoisotopic (exact) mass is 283 g/mol. The maximum atomic E-state index is 12.1. The van der Waals surface area contributed by atoms with Crippen LogP contribution in [0.15, 0.2) is 0 Å². The smallest absolute Gasteiger partial charge is 0.410 e. The van der Waals surface area contributed by atoms with E-state index < -0.39 is 23.6 Å². The Bertz CT molecular complexity index is 421. The van der Waals surface area contributed by atoms with Crippen molar-refractivity contribution in [3.05, 3.63) is 0 Å². The predicted molar refractivity (Wildman–Crippen MR) is 70.2 cm³/mol. The highest BCUT2D eigenvalue weighted by molar-refractivity contribution is 5.84. The molecule has 2 unspecified atom stereocenters. The summed E-state index contributed by atoms with van der Waals surface area (Å²) in [6.07, 6.45) is 0.0604. The van der Waals surface area contributed by atoms with Crippen molar-refractivity contribution >= 4 is 17.8 Å². The number of likely N-dealkylation sites (tertiary alicyclic amines) is 1. The van der Waals surface area contributed by atoms with Crippen molar-refractivity contribution in [2.75, 3.05) is 13.1 Å². The number of rotatable bonds is 1. The first kappa shape index (κ1) is 14.8. The van der Waals surface area contributed by atoms with Crippen molar-refractivity contribution in [3.63, 3.8) is 0 Å². The van der Waals surface area contributed by atoms with E-state index in [0.29, 0.717) is 0 Å². The van der Waals surface area contributed by atoms with Crippen molar-refractivity contribution < 1.29 is 24.2 Å². The first-order valence-electron chi connectivity index (χ1n) is 6.90. The number of nitrogens with zero attached hydrogens (tertiary/aromatic N) is 1. The first-order chi connectivity index (χ1) is 9.17. The van der Waals surface area contributed by atoms with Gasteiger partial charge >= 0.3 is 12.1 Å². The van der Waals surface area contributed by atoms with E-state index in [2.05, 4.69) is 0 Å². The van der Waals surface area contributed by atoms with Crippen LogP contribution in [0.2, 0.25) is 0 Å². The van der Waals surface area contributed by atoms with Crippen LogP contribution in [0.3, 0.4) is 0 Å². The molecule has 1 saturated heterocycles. The predicted octanol–water partition coefficient (Wildman–Crippen LogP) is 1.53. The summed E-state index contributed by atoms with van der Waals surface area (Å²) in [7, 11) is 0. The molecule has 1 amide bonds. The Balaban J connectivity index is 2.10. The molecule has 0 aromatic rings. The second-order valence-corrected chi connectivity index (χ2v) is 6.72. The van der Waals surface area contributed by atoms with Crippen LogP contribution < -0.4 is 0 Å². The quantitative estimate of drug-likeness (QED) is 0.789. The molecule has 2 bridgehead atoms. The minimum absolute atomic E-state index is 0.0985. The number of carbonyl (C=O) groups is 3. The Kier molecular flexibility index (Phi) is 3.75. The Hall–Kier alpha value is -1.59. The molecule has 6 heteroatoms. The number of piperidine rings is 1. The number of ether oxygens (including phenoxy) is 1. The molecular formula is C14H21NO5. The molecule has 0 aromatic heterocycles. The zero-order chi connectivity index (χ0) is 15.1. The lowest BCUT2D eigenvalue weighted by atomic mass is 9.68. The van der Waals surface area contributed by atoms with Crippen molar-refractivity contribution in [2.24, 2.45) is 17.8 Å². The summed E-state index contributed by atoms with van der Waals surface area (Å²) in [6, 6.07) is 0. The van der Waals surface area contributed by atoms with E-state index in [9.17, 15) is 19.5 Å². The maximum Gasteiger partial charge on any atom is 0.410 e. The Labute approximate surface area is 118 Å². The van der Waals surface area contributed by atoms with Crippen molar-refractivity contribution in [1.29, 1.82) is 0 Å². The van der Waals surface area contributed by atoms with Gasteiger partial charge in [-0.2, -0.15) is 0 Å². The molecule has 0 radical (unpaired) electrons. The number of aliphatic carboxylic acids is 1. The Morgan fingerprint density at radius 2 is 1.70 bits per heavy atom. The fourth-order valence-corrected chi connectivity index (χ4v) is 3.18. The van der Waals surface area contributed by atoms with Gasteiger partial charge in [0.1, 0.15) is 11.4 Å². The van der Waals surface area contributed by atoms with E-state index in [1.54, 1.807) is 25.7 Å². The number of carbonyl (C=O) groups excluding carboxylic acids is 2. The fourth-order valence-electron chi connectivity index (χ4n) is 3.18. The van der Waals surface area contributed by atoms with Crippen LogP contribution >= 0.6 is 0 Å². The molecule has 1 saturated carbocycles. The minimum atomic E-state index is -0.865. The van der Waals surface area contributed by atoms with Crippen molar-refractivity contribution in [1.82, 2.24) is 4.90 Å². The first-order valence-corrected chi connectivity index (χ1v) is 6.90. The lowest BCUT2D eigenvalue weighted by Gasteiger charge is -2.44. The van der Waals surface area contributed by atoms with Gasteiger partial charge in [0.25, 0.3) is 0 Å². The molecule has 20 heavy (non-hydrogen) atoms. The van der Waals surface area contributed by atoms with E-state index in [-0.39, 0.29) is 43.6 Å². The van der Waals surface area contributed by atoms with Gasteiger partial charge in [-0.15, -0.1) is 0 Å². The summed E-state index contributed by atoms with van der Waals surface area (Å²) in [6.45, 7) is 5.94. The maximum absolute atomic E-state index is 12.1. The van der Waals surface area contributed by atoms with Crippen molar-refractivity contribution in [3.8, 4) is 0 Å². The Morgan fingerprint density at radius 3 is 2.10 bits per heavy atom. The van der Waals surface area contributed by atoms with E-state index in [0.717, 1.165) is 0 Å². The molecule has 6 nitrogen and oxygen atoms in total. The summed E-state index contributed by atoms with van der Waals surface area (Å²) < 4.78 is 5.32. The number of hydrogen-bond acceptors (Lipinski definition) is 4. The molecule has 112 valence electrons. The van der Waals surface area contributed by atoms with Crippen LogP contribution in [0.1, 0.15) is 33.6 Å². The standard InChI is InChI=1S/C14H21NO5/c1-14(2,3)20-13(19)15-6-8-4-10(16)5-9(7-15)11(8)12(17)18/h8-9,11H,4-7H2,1-3H3,(H,17,18). The highest BCUT2D eigenvalue weighted by Crippen LogP contribution is 2.38. The molecule has 1 N–H and O–H groups in total. The van der Waals surface area contributed by atoms with Gasteiger partial charge in [0, 0.05) is 25.9 Å². The van der Waals surface area contributed by atoms with Gasteiger partial charge in [-0.1, -0.05) is 0 Å². The number of amides is 1. The number of carboxylic acid groups (broad SMARTS) is 1. The topological polar surface area (TPSA) is 83.9 Å². The molecule has 1 aliphatic carbocycles. The number of carboxylic acids is 1. The summed E-state index contributed by atoms with van der Waals surface area (Å²) in [5.41, 5.74) is -0.578. The van der Waals surface area contributed by atoms with Gasteiger partial charge in [0.2, 0.25) is 0 Å². The van der Waals surface area contributed by atoms with Gasteiger partial charge in [0.05, 0.1) is 5.92 Å². The molecule has 1 aliphatic heterocycles. The van der Waals surface area contributed by atoms with E-state index in [1.165, 1.54) is 0 Å². The van der Waals surface area contributed by atoms with Crippen LogP contribution in [0.4, 0.5) is 4.79 Å². The average molecular weight is 283 g/mol. The zero-order valence-electron chi connectivity index (χ0n) is 12.1. The third-order valence-electron chi connectivity index (χ3n) is 3.84. The average Bonchev–Trinajstić information content (AvgIpc) is 2.23. The highest BCUT2D eigenvalue weighted by atomic mass is 16.6. The SMILES string of the molecule is CC(C)(C)OC(=O)N1CC2CC(=O)CC(C1)C2C(=O)O. The summed E-state index contributed by atoms with van der Waals surface area (Å²) in [5.74, 6) is -1.87. The summed E-state index contributed by atoms with van der Waals surface area (Å²) in [4.78, 5) is 36.6. The number of Topliss-reactive ketones (excluding diaryl/α,β-unsaturated/α-hetero) is 1. The fraction of sp³-hybridized carbons (Fsp3) is 0.786. The van der Waals surface area contributed by atoms with Crippen LogP contribution in [0.25, 0.3) is 0 Å². The zero-order valence-corrected chi connectivity index (χ0v) is 12.1. The third kappa shape index (κ3) is 3.11. The molecule has 0 spiro atoms. The molecule has 2 fully saturated rings. The molecule has 2 atom stereocenters. The van der Waals surface area contributed by atoms with Gasteiger partial charge in [0.15, 0.2) is 0 Å². The summed E-state index contributed by atoms with van der Waals surface area (Å²) in [5, 5.41) is 9.30. The number of ketones is 1. The van der Waals surface area contributed by atoms with Crippen LogP contribution in [-0.2, 0) is 14.3 Å². The van der Waals surface area contributed by atoms with E-state index in [1.807, 2.05) is 0 Å². The van der Waals surface area contributed by atoms with E-state index in [4.69, 9.17) is 4.74 Å². The highest BCUT2D eigenvalue weighted by Gasteiger charge is 2.47. The largest absolute Gasteiger partial charge is 0.481 e. The number of fused-ring (bicyclic) bond motifs is 2. The minimum Gasteiger partial charge on any atom is -0.481 e. The second kappa shape index (κ2) is 5.07. The van der Waals surface area contributed by atoms with Gasteiger partial charge in [-0.05, 0) is 32.6 Å². The normalized spacial score (nSPS) is 30.1. The molecule has 2 rings (SSSR count).